The molecule has 0 saturated carbocycles. The summed E-state index contributed by atoms with van der Waals surface area (Å²) in [5, 5.41) is 21.2. The molecule has 0 unspecified atom stereocenters. The van der Waals surface area contributed by atoms with Crippen LogP contribution in [0.25, 0.3) is 0 Å². The Morgan fingerprint density at radius 2 is 1.75 bits per heavy atom. The summed E-state index contributed by atoms with van der Waals surface area (Å²) in [6.07, 6.45) is 0. The minimum Gasteiger partial charge on any atom is -0.397 e. The Morgan fingerprint density at radius 1 is 1.75 bits per heavy atom. The van der Waals surface area contributed by atoms with Crippen molar-refractivity contribution in [3.8, 4) is 0 Å². The van der Waals surface area contributed by atoms with Crippen LogP contribution in [0.5, 0.6) is 0 Å². The van der Waals surface area contributed by atoms with Crippen LogP contribution in [0.2, 0.25) is 0 Å². The molecule has 6 heteroatoms. The molecule has 2 N–H and O–H groups in total. The van der Waals surface area contributed by atoms with Crippen molar-refractivity contribution in [2.75, 3.05) is 6.61 Å². The third-order valence-corrected chi connectivity index (χ3v) is 0. The third kappa shape index (κ3) is 1020. The van der Waals surface area contributed by atoms with Gasteiger partial charge in [-0.15, -0.1) is 10.1 Å². The van der Waals surface area contributed by atoms with Crippen molar-refractivity contribution in [1.29, 1.82) is 0 Å². The van der Waals surface area contributed by atoms with Crippen LogP contribution in [-0.4, -0.2) is 22.0 Å². The second-order valence-electron chi connectivity index (χ2n) is 0.554. The predicted octanol–water partition coefficient (Wildman–Crippen LogP) is -0.352. The van der Waals surface area contributed by atoms with E-state index in [0.29, 0.717) is 0 Å². The molecule has 0 fully saturated rings. The minimum absolute atomic E-state index is 0. The first-order chi connectivity index (χ1) is 3.15. The fourth-order valence-corrected chi connectivity index (χ4v) is 0. The summed E-state index contributed by atoms with van der Waals surface area (Å²) in [4.78, 5) is 8.36. The molecule has 5 nitrogen and oxygen atoms in total. The molecule has 0 aliphatic heterocycles. The topological polar surface area (TPSA) is 83.6 Å². The summed E-state index contributed by atoms with van der Waals surface area (Å²) in [6.45, 7) is 1.93. The van der Waals surface area contributed by atoms with Gasteiger partial charge in [-0.3, -0.25) is 0 Å². The normalized spacial score (nSPS) is 5.25. The van der Waals surface area contributed by atoms with E-state index in [1.54, 1.807) is 6.92 Å². The van der Waals surface area contributed by atoms with Gasteiger partial charge in [0, 0.05) is 23.1 Å². The van der Waals surface area contributed by atoms with Crippen molar-refractivity contribution in [1.82, 2.24) is 0 Å². The van der Waals surface area contributed by atoms with Crippen molar-refractivity contribution in [2.45, 2.75) is 6.92 Å². The Balaban J connectivity index is -0.0000000575. The Kier molecular flexibility index (Phi) is 31.2. The molecule has 0 aromatic heterocycles. The summed E-state index contributed by atoms with van der Waals surface area (Å²) < 4.78 is 0. The summed E-state index contributed by atoms with van der Waals surface area (Å²) in [7, 11) is 0. The molecule has 8 heavy (non-hydrogen) atoms. The van der Waals surface area contributed by atoms with E-state index in [1.165, 1.54) is 0 Å². The van der Waals surface area contributed by atoms with Gasteiger partial charge in [0.15, 0.2) is 0 Å². The predicted molar refractivity (Wildman–Crippen MR) is 21.5 cm³/mol. The zero-order valence-corrected chi connectivity index (χ0v) is 5.17. The molecule has 0 aliphatic carbocycles. The van der Waals surface area contributed by atoms with Crippen LogP contribution >= 0.6 is 0 Å². The van der Waals surface area contributed by atoms with Gasteiger partial charge in [-0.2, -0.15) is 0 Å². The SMILES string of the molecule is CCO.O=[N+]([O-])O.[Ni]. The van der Waals surface area contributed by atoms with Crippen LogP contribution in [0.1, 0.15) is 6.92 Å². The maximum absolute atomic E-state index is 8.36. The van der Waals surface area contributed by atoms with Gasteiger partial charge in [0.2, 0.25) is 0 Å². The smallest absolute Gasteiger partial charge is 0.291 e. The van der Waals surface area contributed by atoms with Crippen LogP contribution < -0.4 is 0 Å². The monoisotopic (exact) mass is 167 g/mol. The average Bonchev–Trinajstić information content (AvgIpc) is 1.33. The van der Waals surface area contributed by atoms with Gasteiger partial charge >= 0.3 is 0 Å². The van der Waals surface area contributed by atoms with Gasteiger partial charge in [-0.1, -0.05) is 0 Å². The molecule has 0 spiro atoms. The van der Waals surface area contributed by atoms with E-state index in [4.69, 9.17) is 20.4 Å². The van der Waals surface area contributed by atoms with E-state index < -0.39 is 5.09 Å². The molecule has 0 aromatic rings. The molecule has 0 heterocycles. The Bertz CT molecular complexity index is 45.3. The van der Waals surface area contributed by atoms with Crippen molar-refractivity contribution in [2.24, 2.45) is 0 Å². The number of aliphatic hydroxyl groups excluding tert-OH is 1. The number of rotatable bonds is 0. The maximum Gasteiger partial charge on any atom is 0.291 e. The first kappa shape index (κ1) is 15.6. The molecular formula is C2H7NNiO4. The summed E-state index contributed by atoms with van der Waals surface area (Å²) >= 11 is 0. The van der Waals surface area contributed by atoms with Gasteiger partial charge < -0.3 is 10.3 Å². The Hall–Kier alpha value is -0.346. The van der Waals surface area contributed by atoms with Crippen molar-refractivity contribution < 1.29 is 31.9 Å². The standard InChI is InChI=1S/C2H6O.HNO3.Ni/c1-2-3;2-1(3)4;/h3H,2H2,1H3;(H,2,3,4);. The first-order valence-corrected chi connectivity index (χ1v) is 1.59. The second kappa shape index (κ2) is 15.9. The molecular weight excluding hydrogens is 161 g/mol. The molecule has 0 bridgehead atoms. The van der Waals surface area contributed by atoms with Gasteiger partial charge in [-0.25, -0.2) is 0 Å². The van der Waals surface area contributed by atoms with E-state index in [-0.39, 0.29) is 23.1 Å². The van der Waals surface area contributed by atoms with Crippen LogP contribution in [-0.2, 0) is 16.5 Å². The Morgan fingerprint density at radius 3 is 1.75 bits per heavy atom. The first-order valence-electron chi connectivity index (χ1n) is 1.59. The van der Waals surface area contributed by atoms with Crippen LogP contribution in [0.3, 0.4) is 0 Å². The molecule has 0 radical (unpaired) electrons. The van der Waals surface area contributed by atoms with E-state index in [1.807, 2.05) is 0 Å². The molecule has 54 valence electrons. The van der Waals surface area contributed by atoms with Crippen LogP contribution in [0.4, 0.5) is 0 Å². The molecule has 0 aliphatic rings. The van der Waals surface area contributed by atoms with Crippen molar-refractivity contribution in [3.63, 3.8) is 0 Å². The molecule has 0 rings (SSSR count). The van der Waals surface area contributed by atoms with Gasteiger partial charge in [0.05, 0.1) is 0 Å². The molecule has 0 saturated heterocycles. The molecule has 0 aromatic carbocycles. The fourth-order valence-electron chi connectivity index (χ4n) is 0. The van der Waals surface area contributed by atoms with Gasteiger partial charge in [-0.05, 0) is 6.92 Å². The zero-order valence-electron chi connectivity index (χ0n) is 4.18. The van der Waals surface area contributed by atoms with Gasteiger partial charge in [0.1, 0.15) is 0 Å². The number of aliphatic hydroxyl groups is 1. The average molecular weight is 168 g/mol. The van der Waals surface area contributed by atoms with Crippen LogP contribution in [0.15, 0.2) is 0 Å². The van der Waals surface area contributed by atoms with Crippen molar-refractivity contribution in [3.05, 3.63) is 10.1 Å². The molecule has 0 amide bonds. The molecule has 0 atom stereocenters. The van der Waals surface area contributed by atoms with E-state index in [2.05, 4.69) is 0 Å². The summed E-state index contributed by atoms with van der Waals surface area (Å²) in [6, 6.07) is 0. The second-order valence-corrected chi connectivity index (χ2v) is 0.554. The minimum atomic E-state index is -1.50. The maximum atomic E-state index is 8.36. The largest absolute Gasteiger partial charge is 0.397 e. The summed E-state index contributed by atoms with van der Waals surface area (Å²) in [5.74, 6) is 0. The van der Waals surface area contributed by atoms with E-state index in [0.717, 1.165) is 0 Å². The zero-order chi connectivity index (χ0) is 6.28. The third-order valence-electron chi connectivity index (χ3n) is 0. The number of hydrogen-bond acceptors (Lipinski definition) is 3. The Labute approximate surface area is 56.4 Å². The van der Waals surface area contributed by atoms with E-state index in [9.17, 15) is 0 Å². The number of nitrogens with zero attached hydrogens (tertiary/aromatic N) is 1. The van der Waals surface area contributed by atoms with Gasteiger partial charge in [0.25, 0.3) is 5.09 Å². The number of hydrogen-bond donors (Lipinski definition) is 2. The summed E-state index contributed by atoms with van der Waals surface area (Å²) in [5.41, 5.74) is 0. The quantitative estimate of drug-likeness (QED) is 0.294. The van der Waals surface area contributed by atoms with E-state index >= 15 is 0 Å². The van der Waals surface area contributed by atoms with Crippen molar-refractivity contribution >= 4 is 0 Å². The fraction of sp³-hybridized carbons (Fsp3) is 1.00. The van der Waals surface area contributed by atoms with Crippen LogP contribution in [0, 0.1) is 10.1 Å².